The lowest BCUT2D eigenvalue weighted by molar-refractivity contribution is -0.121. The summed E-state index contributed by atoms with van der Waals surface area (Å²) in [5.74, 6) is -1.62. The van der Waals surface area contributed by atoms with Crippen molar-refractivity contribution in [3.8, 4) is 0 Å². The van der Waals surface area contributed by atoms with E-state index in [1.807, 2.05) is 15.9 Å². The Morgan fingerprint density at radius 2 is 1.78 bits per heavy atom. The molecule has 5 amide bonds. The van der Waals surface area contributed by atoms with Gasteiger partial charge in [0, 0.05) is 51.4 Å². The summed E-state index contributed by atoms with van der Waals surface area (Å²) < 4.78 is 15.0. The van der Waals surface area contributed by atoms with E-state index in [-0.39, 0.29) is 24.4 Å². The Hall–Kier alpha value is -3.99. The van der Waals surface area contributed by atoms with Crippen molar-refractivity contribution in [2.75, 3.05) is 49.5 Å². The molecule has 37 heavy (non-hydrogen) atoms. The molecule has 0 radical (unpaired) electrons. The molecule has 4 N–H and O–H groups in total. The molecule has 2 aromatic carbocycles. The van der Waals surface area contributed by atoms with E-state index >= 15 is 4.39 Å². The third-order valence-corrected chi connectivity index (χ3v) is 6.52. The molecule has 0 bridgehead atoms. The third-order valence-electron chi connectivity index (χ3n) is 6.52. The van der Waals surface area contributed by atoms with Gasteiger partial charge in [0.15, 0.2) is 0 Å². The Morgan fingerprint density at radius 1 is 1.05 bits per heavy atom. The number of nitrogens with one attached hydrogen (secondary N) is 4. The summed E-state index contributed by atoms with van der Waals surface area (Å²) in [6, 6.07) is 12.9. The van der Waals surface area contributed by atoms with Crippen molar-refractivity contribution >= 4 is 35.1 Å². The Bertz CT molecular complexity index is 1150. The van der Waals surface area contributed by atoms with E-state index < -0.39 is 23.7 Å². The van der Waals surface area contributed by atoms with Crippen molar-refractivity contribution in [1.29, 1.82) is 0 Å². The second-order valence-electron chi connectivity index (χ2n) is 9.27. The van der Waals surface area contributed by atoms with Crippen molar-refractivity contribution in [2.45, 2.75) is 25.3 Å². The van der Waals surface area contributed by atoms with Crippen LogP contribution in [0.4, 0.5) is 20.6 Å². The van der Waals surface area contributed by atoms with Crippen LogP contribution in [0.15, 0.2) is 48.5 Å². The molecule has 2 fully saturated rings. The molecule has 0 aromatic heterocycles. The average Bonchev–Trinajstić information content (AvgIpc) is 3.24. The summed E-state index contributed by atoms with van der Waals surface area (Å²) in [6.45, 7) is 3.93. The number of urea groups is 1. The second-order valence-corrected chi connectivity index (χ2v) is 9.27. The number of halogens is 1. The quantitative estimate of drug-likeness (QED) is 0.447. The van der Waals surface area contributed by atoms with E-state index in [1.165, 1.54) is 13.0 Å². The van der Waals surface area contributed by atoms with Crippen molar-refractivity contribution in [1.82, 2.24) is 20.9 Å². The molecule has 0 saturated carbocycles. The fraction of sp³-hybridized carbons (Fsp3) is 0.385. The summed E-state index contributed by atoms with van der Waals surface area (Å²) in [5.41, 5.74) is 1.64. The Balaban J connectivity index is 1.25. The van der Waals surface area contributed by atoms with Gasteiger partial charge in [0.2, 0.25) is 17.7 Å². The minimum atomic E-state index is -0.589. The molecule has 1 unspecified atom stereocenters. The van der Waals surface area contributed by atoms with Crippen LogP contribution in [0.1, 0.15) is 24.8 Å². The Kier molecular flexibility index (Phi) is 8.34. The predicted octanol–water partition coefficient (Wildman–Crippen LogP) is 1.40. The summed E-state index contributed by atoms with van der Waals surface area (Å²) in [6.07, 6.45) is 0.488. The monoisotopic (exact) mass is 510 g/mol. The minimum Gasteiger partial charge on any atom is -0.367 e. The molecule has 2 aliphatic heterocycles. The number of hydrogen-bond acceptors (Lipinski definition) is 6. The number of para-hydroxylation sites is 1. The summed E-state index contributed by atoms with van der Waals surface area (Å²) in [5, 5.41) is 10.5. The SMILES string of the molecule is CC(=O)NCC1C[C@@H](c2ccc(N3CCN(CC(=O)NC(=O)Nc4ccccc4)CC3)c(F)c2)C(=O)N1. The van der Waals surface area contributed by atoms with Crippen molar-refractivity contribution in [3.63, 3.8) is 0 Å². The topological polar surface area (TPSA) is 123 Å². The van der Waals surface area contributed by atoms with E-state index in [1.54, 1.807) is 36.4 Å². The minimum absolute atomic E-state index is 0.0634. The fourth-order valence-corrected chi connectivity index (χ4v) is 4.64. The molecule has 4 rings (SSSR count). The number of anilines is 2. The van der Waals surface area contributed by atoms with Gasteiger partial charge in [-0.15, -0.1) is 0 Å². The van der Waals surface area contributed by atoms with Gasteiger partial charge in [0.25, 0.3) is 0 Å². The first kappa shape index (κ1) is 26.1. The summed E-state index contributed by atoms with van der Waals surface area (Å²) in [7, 11) is 0. The number of imide groups is 1. The lowest BCUT2D eigenvalue weighted by Gasteiger charge is -2.35. The first-order valence-corrected chi connectivity index (χ1v) is 12.3. The second kappa shape index (κ2) is 11.8. The highest BCUT2D eigenvalue weighted by molar-refractivity contribution is 6.01. The van der Waals surface area contributed by atoms with Crippen molar-refractivity contribution < 1.29 is 23.6 Å². The van der Waals surface area contributed by atoms with Crippen LogP contribution < -0.4 is 26.2 Å². The van der Waals surface area contributed by atoms with Gasteiger partial charge in [-0.25, -0.2) is 9.18 Å². The number of piperazine rings is 1. The maximum Gasteiger partial charge on any atom is 0.325 e. The Morgan fingerprint density at radius 3 is 2.46 bits per heavy atom. The summed E-state index contributed by atoms with van der Waals surface area (Å²) in [4.78, 5) is 51.6. The molecule has 10 nitrogen and oxygen atoms in total. The van der Waals surface area contributed by atoms with Crippen molar-refractivity contribution in [3.05, 3.63) is 59.9 Å². The first-order chi connectivity index (χ1) is 17.8. The van der Waals surface area contributed by atoms with Gasteiger partial charge in [-0.1, -0.05) is 24.3 Å². The largest absolute Gasteiger partial charge is 0.367 e. The molecular formula is C26H31FN6O4. The first-order valence-electron chi connectivity index (χ1n) is 12.3. The lowest BCUT2D eigenvalue weighted by Crippen LogP contribution is -2.50. The molecule has 2 atom stereocenters. The zero-order valence-corrected chi connectivity index (χ0v) is 20.6. The molecule has 2 aromatic rings. The van der Waals surface area contributed by atoms with E-state index in [9.17, 15) is 19.2 Å². The molecule has 196 valence electrons. The highest BCUT2D eigenvalue weighted by Gasteiger charge is 2.33. The zero-order chi connectivity index (χ0) is 26.4. The van der Waals surface area contributed by atoms with Gasteiger partial charge in [0.05, 0.1) is 18.2 Å². The van der Waals surface area contributed by atoms with Crippen LogP contribution in [0.2, 0.25) is 0 Å². The number of benzene rings is 2. The van der Waals surface area contributed by atoms with Crippen molar-refractivity contribution in [2.24, 2.45) is 0 Å². The van der Waals surface area contributed by atoms with Gasteiger partial charge in [-0.2, -0.15) is 0 Å². The van der Waals surface area contributed by atoms with Crippen LogP contribution in [0.3, 0.4) is 0 Å². The van der Waals surface area contributed by atoms with Gasteiger partial charge in [-0.05, 0) is 36.2 Å². The number of amides is 5. The van der Waals surface area contributed by atoms with Crippen LogP contribution in [-0.4, -0.2) is 74.0 Å². The molecule has 0 aliphatic carbocycles. The van der Waals surface area contributed by atoms with Gasteiger partial charge in [-0.3, -0.25) is 24.6 Å². The number of carbonyl (C=O) groups excluding carboxylic acids is 4. The maximum absolute atomic E-state index is 15.0. The number of rotatable bonds is 7. The fourth-order valence-electron chi connectivity index (χ4n) is 4.64. The number of hydrogen-bond donors (Lipinski definition) is 4. The zero-order valence-electron chi connectivity index (χ0n) is 20.6. The predicted molar refractivity (Wildman–Crippen MR) is 137 cm³/mol. The lowest BCUT2D eigenvalue weighted by atomic mass is 9.95. The molecule has 2 saturated heterocycles. The molecule has 2 heterocycles. The third kappa shape index (κ3) is 7.04. The van der Waals surface area contributed by atoms with Crippen LogP contribution in [0.25, 0.3) is 0 Å². The van der Waals surface area contributed by atoms with Crippen LogP contribution in [-0.2, 0) is 14.4 Å². The molecule has 0 spiro atoms. The van der Waals surface area contributed by atoms with E-state index in [0.29, 0.717) is 56.1 Å². The number of carbonyl (C=O) groups is 4. The standard InChI is InChI=1S/C26H31FN6O4/c1-17(34)28-15-20-14-21(25(36)29-20)18-7-8-23(22(27)13-18)33-11-9-32(10-12-33)16-24(35)31-26(37)30-19-5-3-2-4-6-19/h2-8,13,20-21H,9-12,14-16H2,1H3,(H,28,34)(H,29,36)(H2,30,31,35,37)/t20?,21-/m0/s1. The molecular weight excluding hydrogens is 479 g/mol. The van der Waals surface area contributed by atoms with Gasteiger partial charge >= 0.3 is 6.03 Å². The Labute approximate surface area is 214 Å². The summed E-state index contributed by atoms with van der Waals surface area (Å²) >= 11 is 0. The normalized spacial score (nSPS) is 19.7. The van der Waals surface area contributed by atoms with Crippen LogP contribution in [0.5, 0.6) is 0 Å². The van der Waals surface area contributed by atoms with E-state index in [0.717, 1.165) is 0 Å². The smallest absolute Gasteiger partial charge is 0.325 e. The van der Waals surface area contributed by atoms with E-state index in [4.69, 9.17) is 0 Å². The molecule has 11 heteroatoms. The van der Waals surface area contributed by atoms with Crippen LogP contribution >= 0.6 is 0 Å². The number of nitrogens with zero attached hydrogens (tertiary/aromatic N) is 2. The average molecular weight is 511 g/mol. The maximum atomic E-state index is 15.0. The van der Waals surface area contributed by atoms with Gasteiger partial charge in [0.1, 0.15) is 5.82 Å². The molecule has 2 aliphatic rings. The van der Waals surface area contributed by atoms with Crippen LogP contribution in [0, 0.1) is 5.82 Å². The highest BCUT2D eigenvalue weighted by Crippen LogP contribution is 2.30. The van der Waals surface area contributed by atoms with Gasteiger partial charge < -0.3 is 20.9 Å². The highest BCUT2D eigenvalue weighted by atomic mass is 19.1. The van der Waals surface area contributed by atoms with E-state index in [2.05, 4.69) is 21.3 Å².